The van der Waals surface area contributed by atoms with Crippen molar-refractivity contribution in [2.24, 2.45) is 5.41 Å². The van der Waals surface area contributed by atoms with Gasteiger partial charge in [-0.25, -0.2) is 0 Å². The Bertz CT molecular complexity index is 536. The first-order valence-electron chi connectivity index (χ1n) is 6.94. The van der Waals surface area contributed by atoms with Crippen LogP contribution in [0.4, 0.5) is 0 Å². The SMILES string of the molecule is CCCC1(c2ccc(Cl)cc2)C(=O)NC(=O)CC1(C)C. The minimum atomic E-state index is -0.680. The van der Waals surface area contributed by atoms with Crippen molar-refractivity contribution >= 4 is 23.4 Å². The molecule has 2 rings (SSSR count). The molecular weight excluding hydrogens is 274 g/mol. The van der Waals surface area contributed by atoms with Crippen LogP contribution in [0.25, 0.3) is 0 Å². The monoisotopic (exact) mass is 293 g/mol. The summed E-state index contributed by atoms with van der Waals surface area (Å²) in [5.74, 6) is -0.386. The maximum absolute atomic E-state index is 12.7. The van der Waals surface area contributed by atoms with Crippen LogP contribution in [0, 0.1) is 5.41 Å². The molecule has 1 aromatic rings. The van der Waals surface area contributed by atoms with Gasteiger partial charge in [-0.15, -0.1) is 0 Å². The summed E-state index contributed by atoms with van der Waals surface area (Å²) in [6, 6.07) is 7.40. The van der Waals surface area contributed by atoms with E-state index < -0.39 is 10.8 Å². The molecule has 20 heavy (non-hydrogen) atoms. The maximum Gasteiger partial charge on any atom is 0.237 e. The quantitative estimate of drug-likeness (QED) is 0.868. The molecule has 1 saturated heterocycles. The second-order valence-corrected chi connectivity index (χ2v) is 6.54. The first-order valence-corrected chi connectivity index (χ1v) is 7.31. The molecular formula is C16H20ClNO2. The van der Waals surface area contributed by atoms with Gasteiger partial charge in [-0.1, -0.05) is 50.9 Å². The number of amides is 2. The van der Waals surface area contributed by atoms with Crippen molar-refractivity contribution in [3.05, 3.63) is 34.9 Å². The van der Waals surface area contributed by atoms with Crippen LogP contribution in [0.15, 0.2) is 24.3 Å². The average molecular weight is 294 g/mol. The van der Waals surface area contributed by atoms with Crippen molar-refractivity contribution in [1.29, 1.82) is 0 Å². The van der Waals surface area contributed by atoms with Crippen LogP contribution in [0.3, 0.4) is 0 Å². The van der Waals surface area contributed by atoms with Gasteiger partial charge in [-0.3, -0.25) is 14.9 Å². The molecule has 1 atom stereocenters. The van der Waals surface area contributed by atoms with Crippen LogP contribution in [-0.4, -0.2) is 11.8 Å². The smallest absolute Gasteiger partial charge is 0.237 e. The van der Waals surface area contributed by atoms with E-state index >= 15 is 0 Å². The van der Waals surface area contributed by atoms with Crippen molar-refractivity contribution in [2.45, 2.75) is 45.4 Å². The molecule has 1 aliphatic heterocycles. The van der Waals surface area contributed by atoms with Crippen LogP contribution in [0.1, 0.15) is 45.6 Å². The molecule has 3 nitrogen and oxygen atoms in total. The molecule has 1 heterocycles. The summed E-state index contributed by atoms with van der Waals surface area (Å²) in [5.41, 5.74) is -0.171. The van der Waals surface area contributed by atoms with Gasteiger partial charge in [0.2, 0.25) is 11.8 Å². The first-order chi connectivity index (χ1) is 9.33. The molecule has 0 saturated carbocycles. The predicted octanol–water partition coefficient (Wildman–Crippen LogP) is 3.45. The largest absolute Gasteiger partial charge is 0.296 e. The lowest BCUT2D eigenvalue weighted by atomic mass is 9.56. The number of carbonyl (C=O) groups excluding carboxylic acids is 2. The van der Waals surface area contributed by atoms with E-state index in [0.29, 0.717) is 17.9 Å². The lowest BCUT2D eigenvalue weighted by Gasteiger charge is -2.48. The summed E-state index contributed by atoms with van der Waals surface area (Å²) < 4.78 is 0. The third kappa shape index (κ3) is 2.24. The molecule has 0 aromatic heterocycles. The highest BCUT2D eigenvalue weighted by atomic mass is 35.5. The lowest BCUT2D eigenvalue weighted by molar-refractivity contribution is -0.145. The maximum atomic E-state index is 12.7. The number of rotatable bonds is 3. The fourth-order valence-corrected chi connectivity index (χ4v) is 3.49. The number of carbonyl (C=O) groups is 2. The zero-order chi connectivity index (χ0) is 15.0. The molecule has 108 valence electrons. The Kier molecular flexibility index (Phi) is 3.92. The number of piperidine rings is 1. The Morgan fingerprint density at radius 2 is 1.80 bits per heavy atom. The summed E-state index contributed by atoms with van der Waals surface area (Å²) in [4.78, 5) is 24.4. The van der Waals surface area contributed by atoms with E-state index in [1.807, 2.05) is 26.0 Å². The van der Waals surface area contributed by atoms with E-state index in [1.54, 1.807) is 12.1 Å². The Labute approximate surface area is 124 Å². The third-order valence-electron chi connectivity index (χ3n) is 4.36. The number of nitrogens with one attached hydrogen (secondary N) is 1. The van der Waals surface area contributed by atoms with Crippen molar-refractivity contribution in [1.82, 2.24) is 5.32 Å². The number of hydrogen-bond donors (Lipinski definition) is 1. The Morgan fingerprint density at radius 3 is 2.30 bits per heavy atom. The molecule has 0 radical (unpaired) electrons. The van der Waals surface area contributed by atoms with Gasteiger partial charge in [0.25, 0.3) is 0 Å². The summed E-state index contributed by atoms with van der Waals surface area (Å²) in [5, 5.41) is 3.16. The summed E-state index contributed by atoms with van der Waals surface area (Å²) in [6.07, 6.45) is 1.93. The standard InChI is InChI=1S/C16H20ClNO2/c1-4-9-16(11-5-7-12(17)8-6-11)14(20)18-13(19)10-15(16,2)3/h5-8H,4,9-10H2,1-3H3,(H,18,19,20). The van der Waals surface area contributed by atoms with Crippen LogP contribution in [0.5, 0.6) is 0 Å². The topological polar surface area (TPSA) is 46.2 Å². The third-order valence-corrected chi connectivity index (χ3v) is 4.61. The average Bonchev–Trinajstić information content (AvgIpc) is 2.34. The molecule has 1 aromatic carbocycles. The van der Waals surface area contributed by atoms with Crippen molar-refractivity contribution in [3.63, 3.8) is 0 Å². The van der Waals surface area contributed by atoms with Gasteiger partial charge in [-0.05, 0) is 29.5 Å². The Morgan fingerprint density at radius 1 is 1.20 bits per heavy atom. The molecule has 4 heteroatoms. The van der Waals surface area contributed by atoms with Gasteiger partial charge in [0.05, 0.1) is 5.41 Å². The molecule has 2 amide bonds. The molecule has 1 fully saturated rings. The minimum absolute atomic E-state index is 0.192. The van der Waals surface area contributed by atoms with Crippen LogP contribution < -0.4 is 5.32 Å². The Balaban J connectivity index is 2.60. The minimum Gasteiger partial charge on any atom is -0.296 e. The molecule has 1 aliphatic rings. The number of benzene rings is 1. The van der Waals surface area contributed by atoms with E-state index in [0.717, 1.165) is 12.0 Å². The summed E-state index contributed by atoms with van der Waals surface area (Å²) in [7, 11) is 0. The Hall–Kier alpha value is -1.35. The second kappa shape index (κ2) is 5.21. The second-order valence-electron chi connectivity index (χ2n) is 6.10. The molecule has 1 unspecified atom stereocenters. The van der Waals surface area contributed by atoms with E-state index in [1.165, 1.54) is 0 Å². The van der Waals surface area contributed by atoms with Crippen LogP contribution in [-0.2, 0) is 15.0 Å². The van der Waals surface area contributed by atoms with Crippen molar-refractivity contribution in [2.75, 3.05) is 0 Å². The van der Waals surface area contributed by atoms with Gasteiger partial charge in [-0.2, -0.15) is 0 Å². The zero-order valence-corrected chi connectivity index (χ0v) is 12.9. The zero-order valence-electron chi connectivity index (χ0n) is 12.1. The lowest BCUT2D eigenvalue weighted by Crippen LogP contribution is -2.60. The van der Waals surface area contributed by atoms with Crippen LogP contribution >= 0.6 is 11.6 Å². The molecule has 0 spiro atoms. The first kappa shape index (κ1) is 15.0. The normalized spacial score (nSPS) is 25.4. The van der Waals surface area contributed by atoms with Gasteiger partial charge in [0.15, 0.2) is 0 Å². The highest BCUT2D eigenvalue weighted by molar-refractivity contribution is 6.30. The van der Waals surface area contributed by atoms with E-state index in [4.69, 9.17) is 11.6 Å². The van der Waals surface area contributed by atoms with E-state index in [9.17, 15) is 9.59 Å². The number of imide groups is 1. The molecule has 0 bridgehead atoms. The number of halogens is 1. The molecule has 0 aliphatic carbocycles. The fourth-order valence-electron chi connectivity index (χ4n) is 3.36. The van der Waals surface area contributed by atoms with E-state index in [2.05, 4.69) is 12.2 Å². The highest BCUT2D eigenvalue weighted by Gasteiger charge is 2.55. The summed E-state index contributed by atoms with van der Waals surface area (Å²) >= 11 is 5.95. The number of hydrogen-bond acceptors (Lipinski definition) is 2. The summed E-state index contributed by atoms with van der Waals surface area (Å²) in [6.45, 7) is 6.04. The van der Waals surface area contributed by atoms with Crippen molar-refractivity contribution in [3.8, 4) is 0 Å². The molecule has 1 N–H and O–H groups in total. The fraction of sp³-hybridized carbons (Fsp3) is 0.500. The van der Waals surface area contributed by atoms with Crippen LogP contribution in [0.2, 0.25) is 5.02 Å². The van der Waals surface area contributed by atoms with Gasteiger partial charge in [0.1, 0.15) is 0 Å². The predicted molar refractivity (Wildman–Crippen MR) is 79.6 cm³/mol. The highest BCUT2D eigenvalue weighted by Crippen LogP contribution is 2.49. The van der Waals surface area contributed by atoms with Crippen molar-refractivity contribution < 1.29 is 9.59 Å². The van der Waals surface area contributed by atoms with E-state index in [-0.39, 0.29) is 11.8 Å². The van der Waals surface area contributed by atoms with Gasteiger partial charge in [0, 0.05) is 11.4 Å². The van der Waals surface area contributed by atoms with Gasteiger partial charge >= 0.3 is 0 Å². The van der Waals surface area contributed by atoms with Gasteiger partial charge < -0.3 is 0 Å².